The van der Waals surface area contributed by atoms with Gasteiger partial charge < -0.3 is 15.7 Å². The second-order valence-electron chi connectivity index (χ2n) is 6.16. The zero-order valence-corrected chi connectivity index (χ0v) is 14.1. The molecule has 128 valence electrons. The fraction of sp³-hybridized carbons (Fsp3) is 0.368. The molecule has 0 radical (unpaired) electrons. The summed E-state index contributed by atoms with van der Waals surface area (Å²) in [5, 5.41) is 16.4. The molecule has 2 aromatic rings. The summed E-state index contributed by atoms with van der Waals surface area (Å²) < 4.78 is 0. The quantitative estimate of drug-likeness (QED) is 0.723. The monoisotopic (exact) mass is 328 g/mol. The van der Waals surface area contributed by atoms with E-state index in [0.29, 0.717) is 0 Å². The van der Waals surface area contributed by atoms with E-state index in [9.17, 15) is 9.59 Å². The SMILES string of the molecule is CC(C)C(NC(=O)Cc1ccc2ccccc2c1)C(=O)NCCO. The summed E-state index contributed by atoms with van der Waals surface area (Å²) in [6.45, 7) is 3.81. The Balaban J connectivity index is 2.02. The largest absolute Gasteiger partial charge is 0.395 e. The number of aliphatic hydroxyl groups is 1. The number of aliphatic hydroxyl groups excluding tert-OH is 1. The smallest absolute Gasteiger partial charge is 0.242 e. The van der Waals surface area contributed by atoms with Crippen LogP contribution in [-0.4, -0.2) is 36.1 Å². The predicted octanol–water partition coefficient (Wildman–Crippen LogP) is 1.63. The van der Waals surface area contributed by atoms with Gasteiger partial charge in [0.15, 0.2) is 0 Å². The van der Waals surface area contributed by atoms with E-state index in [0.717, 1.165) is 16.3 Å². The van der Waals surface area contributed by atoms with Gasteiger partial charge in [-0.2, -0.15) is 0 Å². The van der Waals surface area contributed by atoms with Gasteiger partial charge in [-0.3, -0.25) is 9.59 Å². The van der Waals surface area contributed by atoms with E-state index in [1.165, 1.54) is 0 Å². The Morgan fingerprint density at radius 2 is 1.79 bits per heavy atom. The first-order valence-electron chi connectivity index (χ1n) is 8.17. The molecule has 0 aliphatic carbocycles. The summed E-state index contributed by atoms with van der Waals surface area (Å²) in [7, 11) is 0. The average molecular weight is 328 g/mol. The van der Waals surface area contributed by atoms with Crippen molar-refractivity contribution in [3.63, 3.8) is 0 Å². The molecule has 5 heteroatoms. The maximum absolute atomic E-state index is 12.3. The molecule has 0 spiro atoms. The molecular formula is C19H24N2O3. The molecule has 3 N–H and O–H groups in total. The van der Waals surface area contributed by atoms with Crippen LogP contribution in [0.25, 0.3) is 10.8 Å². The van der Waals surface area contributed by atoms with Crippen LogP contribution in [0.3, 0.4) is 0 Å². The normalized spacial score (nSPS) is 12.2. The molecular weight excluding hydrogens is 304 g/mol. The van der Waals surface area contributed by atoms with Gasteiger partial charge in [-0.1, -0.05) is 56.3 Å². The number of hydrogen-bond donors (Lipinski definition) is 3. The Kier molecular flexibility index (Phi) is 6.32. The Labute approximate surface area is 142 Å². The number of carbonyl (C=O) groups excluding carboxylic acids is 2. The summed E-state index contributed by atoms with van der Waals surface area (Å²) >= 11 is 0. The minimum absolute atomic E-state index is 0.0377. The zero-order chi connectivity index (χ0) is 17.5. The van der Waals surface area contributed by atoms with E-state index >= 15 is 0 Å². The third kappa shape index (κ3) is 4.80. The highest BCUT2D eigenvalue weighted by molar-refractivity contribution is 5.89. The van der Waals surface area contributed by atoms with Gasteiger partial charge in [0, 0.05) is 6.54 Å². The van der Waals surface area contributed by atoms with Crippen molar-refractivity contribution in [2.45, 2.75) is 26.3 Å². The van der Waals surface area contributed by atoms with Crippen LogP contribution in [0.4, 0.5) is 0 Å². The highest BCUT2D eigenvalue weighted by Gasteiger charge is 2.23. The maximum Gasteiger partial charge on any atom is 0.242 e. The summed E-state index contributed by atoms with van der Waals surface area (Å²) in [5.74, 6) is -0.502. The number of fused-ring (bicyclic) bond motifs is 1. The Bertz CT molecular complexity index is 713. The lowest BCUT2D eigenvalue weighted by Gasteiger charge is -2.21. The van der Waals surface area contributed by atoms with Crippen LogP contribution < -0.4 is 10.6 Å². The van der Waals surface area contributed by atoms with Crippen molar-refractivity contribution in [2.24, 2.45) is 5.92 Å². The maximum atomic E-state index is 12.3. The molecule has 2 amide bonds. The number of amides is 2. The third-order valence-electron chi connectivity index (χ3n) is 3.86. The fourth-order valence-electron chi connectivity index (χ4n) is 2.58. The molecule has 0 saturated carbocycles. The van der Waals surface area contributed by atoms with Crippen LogP contribution in [0.2, 0.25) is 0 Å². The van der Waals surface area contributed by atoms with Gasteiger partial charge in [-0.25, -0.2) is 0 Å². The molecule has 2 aromatic carbocycles. The minimum atomic E-state index is -0.607. The standard InChI is InChI=1S/C19H24N2O3/c1-13(2)18(19(24)20-9-10-22)21-17(23)12-14-7-8-15-5-3-4-6-16(15)11-14/h3-8,11,13,18,22H,9-10,12H2,1-2H3,(H,20,24)(H,21,23). The minimum Gasteiger partial charge on any atom is -0.395 e. The molecule has 0 saturated heterocycles. The van der Waals surface area contributed by atoms with Crippen molar-refractivity contribution in [1.29, 1.82) is 0 Å². The van der Waals surface area contributed by atoms with E-state index in [1.54, 1.807) is 0 Å². The molecule has 1 atom stereocenters. The van der Waals surface area contributed by atoms with E-state index in [4.69, 9.17) is 5.11 Å². The first kappa shape index (κ1) is 17.9. The first-order chi connectivity index (χ1) is 11.5. The Hall–Kier alpha value is -2.40. The second kappa shape index (κ2) is 8.45. The van der Waals surface area contributed by atoms with Crippen LogP contribution in [-0.2, 0) is 16.0 Å². The van der Waals surface area contributed by atoms with E-state index < -0.39 is 6.04 Å². The van der Waals surface area contributed by atoms with Crippen molar-refractivity contribution in [2.75, 3.05) is 13.2 Å². The number of nitrogens with one attached hydrogen (secondary N) is 2. The second-order valence-corrected chi connectivity index (χ2v) is 6.16. The predicted molar refractivity (Wildman–Crippen MR) is 94.5 cm³/mol. The molecule has 2 rings (SSSR count). The number of carbonyl (C=O) groups is 2. The lowest BCUT2D eigenvalue weighted by atomic mass is 10.0. The Morgan fingerprint density at radius 1 is 1.08 bits per heavy atom. The van der Waals surface area contributed by atoms with Gasteiger partial charge in [0.1, 0.15) is 6.04 Å². The van der Waals surface area contributed by atoms with Crippen molar-refractivity contribution < 1.29 is 14.7 Å². The number of hydrogen-bond acceptors (Lipinski definition) is 3. The summed E-state index contributed by atoms with van der Waals surface area (Å²) in [6.07, 6.45) is 0.224. The van der Waals surface area contributed by atoms with Crippen LogP contribution >= 0.6 is 0 Å². The molecule has 0 aliphatic rings. The first-order valence-corrected chi connectivity index (χ1v) is 8.17. The summed E-state index contributed by atoms with van der Waals surface area (Å²) in [5.41, 5.74) is 0.907. The topological polar surface area (TPSA) is 78.4 Å². The van der Waals surface area contributed by atoms with Crippen molar-refractivity contribution in [1.82, 2.24) is 10.6 Å². The summed E-state index contributed by atoms with van der Waals surface area (Å²) in [6, 6.07) is 13.3. The fourth-order valence-corrected chi connectivity index (χ4v) is 2.58. The van der Waals surface area contributed by atoms with Gasteiger partial charge in [0.25, 0.3) is 0 Å². The van der Waals surface area contributed by atoms with Crippen LogP contribution in [0, 0.1) is 5.92 Å². The molecule has 0 fully saturated rings. The molecule has 0 bridgehead atoms. The van der Waals surface area contributed by atoms with Crippen molar-refractivity contribution in [3.8, 4) is 0 Å². The van der Waals surface area contributed by atoms with Crippen LogP contribution in [0.1, 0.15) is 19.4 Å². The van der Waals surface area contributed by atoms with Gasteiger partial charge in [-0.05, 0) is 22.3 Å². The van der Waals surface area contributed by atoms with E-state index in [-0.39, 0.29) is 37.3 Å². The van der Waals surface area contributed by atoms with Crippen molar-refractivity contribution in [3.05, 3.63) is 48.0 Å². The highest BCUT2D eigenvalue weighted by Crippen LogP contribution is 2.16. The number of rotatable bonds is 7. The molecule has 0 aromatic heterocycles. The Morgan fingerprint density at radius 3 is 2.46 bits per heavy atom. The lowest BCUT2D eigenvalue weighted by molar-refractivity contribution is -0.129. The van der Waals surface area contributed by atoms with E-state index in [2.05, 4.69) is 10.6 Å². The lowest BCUT2D eigenvalue weighted by Crippen LogP contribution is -2.50. The highest BCUT2D eigenvalue weighted by atomic mass is 16.3. The van der Waals surface area contributed by atoms with Gasteiger partial charge in [0.2, 0.25) is 11.8 Å². The molecule has 0 heterocycles. The molecule has 5 nitrogen and oxygen atoms in total. The zero-order valence-electron chi connectivity index (χ0n) is 14.1. The van der Waals surface area contributed by atoms with Gasteiger partial charge in [0.05, 0.1) is 13.0 Å². The molecule has 1 unspecified atom stereocenters. The number of benzene rings is 2. The van der Waals surface area contributed by atoms with Gasteiger partial charge in [-0.15, -0.1) is 0 Å². The van der Waals surface area contributed by atoms with Crippen molar-refractivity contribution >= 4 is 22.6 Å². The van der Waals surface area contributed by atoms with E-state index in [1.807, 2.05) is 56.3 Å². The van der Waals surface area contributed by atoms with Crippen LogP contribution in [0.5, 0.6) is 0 Å². The molecule has 24 heavy (non-hydrogen) atoms. The van der Waals surface area contributed by atoms with Crippen LogP contribution in [0.15, 0.2) is 42.5 Å². The third-order valence-corrected chi connectivity index (χ3v) is 3.86. The molecule has 0 aliphatic heterocycles. The average Bonchev–Trinajstić information content (AvgIpc) is 2.57. The van der Waals surface area contributed by atoms with Gasteiger partial charge >= 0.3 is 0 Å². The summed E-state index contributed by atoms with van der Waals surface area (Å²) in [4.78, 5) is 24.4.